The predicted molar refractivity (Wildman–Crippen MR) is 54.3 cm³/mol. The summed E-state index contributed by atoms with van der Waals surface area (Å²) in [6.45, 7) is 0. The summed E-state index contributed by atoms with van der Waals surface area (Å²) in [6, 6.07) is 5.27. The van der Waals surface area contributed by atoms with E-state index in [1.165, 1.54) is 0 Å². The van der Waals surface area contributed by atoms with E-state index in [0.717, 1.165) is 5.52 Å². The van der Waals surface area contributed by atoms with Crippen LogP contribution in [-0.4, -0.2) is 15.6 Å². The number of aromatic nitrogens is 1. The van der Waals surface area contributed by atoms with Crippen LogP contribution in [0.15, 0.2) is 24.4 Å². The number of fused-ring (bicyclic) bond motifs is 1. The number of benzene rings is 1. The molecule has 0 radical (unpaired) electrons. The highest BCUT2D eigenvalue weighted by atomic mass is 16.4. The summed E-state index contributed by atoms with van der Waals surface area (Å²) in [5, 5.41) is 9.61. The number of nitrogen functional groups attached to an aromatic ring is 1. The lowest BCUT2D eigenvalue weighted by Crippen LogP contribution is -1.93. The normalized spacial score (nSPS) is 10.6. The molecule has 0 bridgehead atoms. The van der Waals surface area contributed by atoms with E-state index in [-0.39, 0.29) is 5.56 Å². The molecule has 2 aromatic rings. The van der Waals surface area contributed by atoms with Crippen molar-refractivity contribution in [2.24, 2.45) is 7.05 Å². The lowest BCUT2D eigenvalue weighted by Gasteiger charge is -1.99. The molecule has 0 saturated heterocycles. The molecule has 0 aliphatic heterocycles. The Balaban J connectivity index is 2.91. The number of hydrogen-bond donors (Lipinski definition) is 2. The van der Waals surface area contributed by atoms with Gasteiger partial charge in [-0.1, -0.05) is 12.1 Å². The monoisotopic (exact) mass is 190 g/mol. The topological polar surface area (TPSA) is 68.2 Å². The van der Waals surface area contributed by atoms with E-state index in [4.69, 9.17) is 10.8 Å². The summed E-state index contributed by atoms with van der Waals surface area (Å²) < 4.78 is 1.73. The molecule has 0 unspecified atom stereocenters. The molecule has 2 rings (SSSR count). The summed E-state index contributed by atoms with van der Waals surface area (Å²) in [5.41, 5.74) is 7.41. The van der Waals surface area contributed by atoms with Gasteiger partial charge in [0.15, 0.2) is 0 Å². The van der Waals surface area contributed by atoms with Crippen LogP contribution in [0.5, 0.6) is 0 Å². The van der Waals surface area contributed by atoms with Crippen molar-refractivity contribution < 1.29 is 9.90 Å². The third-order valence-electron chi connectivity index (χ3n) is 2.26. The molecule has 0 aliphatic rings. The van der Waals surface area contributed by atoms with Gasteiger partial charge in [0.1, 0.15) is 0 Å². The van der Waals surface area contributed by atoms with Gasteiger partial charge < -0.3 is 15.4 Å². The number of carbonyl (C=O) groups is 1. The highest BCUT2D eigenvalue weighted by Crippen LogP contribution is 2.25. The Morgan fingerprint density at radius 1 is 1.50 bits per heavy atom. The minimum absolute atomic E-state index is 0.287. The fourth-order valence-electron chi connectivity index (χ4n) is 1.67. The Hall–Kier alpha value is -1.97. The van der Waals surface area contributed by atoms with Crippen molar-refractivity contribution in [3.8, 4) is 0 Å². The summed E-state index contributed by atoms with van der Waals surface area (Å²) in [5.74, 6) is -0.929. The van der Waals surface area contributed by atoms with E-state index in [1.54, 1.807) is 36.0 Å². The fourth-order valence-corrected chi connectivity index (χ4v) is 1.67. The molecule has 1 aromatic heterocycles. The number of aromatic carboxylic acids is 1. The second-order valence-corrected chi connectivity index (χ2v) is 3.20. The van der Waals surface area contributed by atoms with Crippen LogP contribution in [0.3, 0.4) is 0 Å². The molecule has 1 heterocycles. The predicted octanol–water partition coefficient (Wildman–Crippen LogP) is 1.46. The Morgan fingerprint density at radius 2 is 2.21 bits per heavy atom. The van der Waals surface area contributed by atoms with Crippen molar-refractivity contribution in [3.63, 3.8) is 0 Å². The maximum atomic E-state index is 10.9. The third kappa shape index (κ3) is 1.04. The van der Waals surface area contributed by atoms with E-state index in [2.05, 4.69) is 0 Å². The zero-order valence-electron chi connectivity index (χ0n) is 7.69. The van der Waals surface area contributed by atoms with Crippen LogP contribution < -0.4 is 5.73 Å². The molecular formula is C10H10N2O2. The molecular weight excluding hydrogens is 180 g/mol. The van der Waals surface area contributed by atoms with Crippen molar-refractivity contribution >= 4 is 22.6 Å². The average molecular weight is 190 g/mol. The molecule has 0 saturated carbocycles. The lowest BCUT2D eigenvalue weighted by atomic mass is 10.1. The third-order valence-corrected chi connectivity index (χ3v) is 2.26. The first-order valence-corrected chi connectivity index (χ1v) is 4.18. The van der Waals surface area contributed by atoms with Crippen molar-refractivity contribution in [2.75, 3.05) is 5.73 Å². The number of anilines is 1. The quantitative estimate of drug-likeness (QED) is 0.669. The summed E-state index contributed by atoms with van der Waals surface area (Å²) in [4.78, 5) is 10.9. The van der Waals surface area contributed by atoms with Gasteiger partial charge in [0.25, 0.3) is 0 Å². The Morgan fingerprint density at radius 3 is 2.86 bits per heavy atom. The summed E-state index contributed by atoms with van der Waals surface area (Å²) >= 11 is 0. The summed E-state index contributed by atoms with van der Waals surface area (Å²) in [6.07, 6.45) is 1.57. The van der Waals surface area contributed by atoms with Gasteiger partial charge in [0, 0.05) is 18.6 Å². The van der Waals surface area contributed by atoms with Gasteiger partial charge in [-0.05, 0) is 6.07 Å². The summed E-state index contributed by atoms with van der Waals surface area (Å²) in [7, 11) is 1.78. The highest BCUT2D eigenvalue weighted by molar-refractivity contribution is 6.06. The van der Waals surface area contributed by atoms with E-state index in [1.807, 2.05) is 0 Å². The number of para-hydroxylation sites is 1. The number of hydrogen-bond acceptors (Lipinski definition) is 2. The molecule has 0 fully saturated rings. The van der Waals surface area contributed by atoms with Gasteiger partial charge in [-0.15, -0.1) is 0 Å². The van der Waals surface area contributed by atoms with Crippen molar-refractivity contribution in [1.29, 1.82) is 0 Å². The fraction of sp³-hybridized carbons (Fsp3) is 0.100. The molecule has 72 valence electrons. The van der Waals surface area contributed by atoms with Gasteiger partial charge in [-0.25, -0.2) is 4.79 Å². The molecule has 1 aromatic carbocycles. The largest absolute Gasteiger partial charge is 0.478 e. The first-order valence-electron chi connectivity index (χ1n) is 4.18. The van der Waals surface area contributed by atoms with Crippen LogP contribution in [0.4, 0.5) is 5.69 Å². The van der Waals surface area contributed by atoms with Gasteiger partial charge in [-0.3, -0.25) is 0 Å². The molecule has 14 heavy (non-hydrogen) atoms. The lowest BCUT2D eigenvalue weighted by molar-refractivity contribution is 0.0699. The van der Waals surface area contributed by atoms with E-state index >= 15 is 0 Å². The first-order chi connectivity index (χ1) is 6.61. The first kappa shape index (κ1) is 8.62. The van der Waals surface area contributed by atoms with Gasteiger partial charge >= 0.3 is 5.97 Å². The zero-order valence-corrected chi connectivity index (χ0v) is 7.69. The van der Waals surface area contributed by atoms with Gasteiger partial charge in [-0.2, -0.15) is 0 Å². The second kappa shape index (κ2) is 2.77. The van der Waals surface area contributed by atoms with E-state index in [0.29, 0.717) is 11.1 Å². The molecule has 3 N–H and O–H groups in total. The smallest absolute Gasteiger partial charge is 0.337 e. The molecule has 0 amide bonds. The van der Waals surface area contributed by atoms with Crippen LogP contribution in [0.25, 0.3) is 10.9 Å². The number of nitrogens with two attached hydrogens (primary N) is 1. The van der Waals surface area contributed by atoms with Crippen LogP contribution in [0.1, 0.15) is 10.4 Å². The van der Waals surface area contributed by atoms with E-state index < -0.39 is 5.97 Å². The standard InChI is InChI=1S/C10H10N2O2/c1-12-5-7(10(13)14)6-3-2-4-8(11)9(6)12/h2-5H,11H2,1H3,(H,13,14). The average Bonchev–Trinajstić information content (AvgIpc) is 2.45. The minimum atomic E-state index is -0.929. The molecule has 4 nitrogen and oxygen atoms in total. The highest BCUT2D eigenvalue weighted by Gasteiger charge is 2.13. The van der Waals surface area contributed by atoms with Crippen LogP contribution in [0.2, 0.25) is 0 Å². The molecule has 4 heteroatoms. The maximum Gasteiger partial charge on any atom is 0.337 e. The van der Waals surface area contributed by atoms with Crippen molar-refractivity contribution in [1.82, 2.24) is 4.57 Å². The van der Waals surface area contributed by atoms with Crippen LogP contribution in [0, 0.1) is 0 Å². The van der Waals surface area contributed by atoms with Crippen molar-refractivity contribution in [3.05, 3.63) is 30.0 Å². The Bertz CT molecular complexity index is 514. The van der Waals surface area contributed by atoms with Crippen LogP contribution >= 0.6 is 0 Å². The molecule has 0 aliphatic carbocycles. The number of nitrogens with zero attached hydrogens (tertiary/aromatic N) is 1. The number of aryl methyl sites for hydroxylation is 1. The number of carboxylic acid groups (broad SMARTS) is 1. The zero-order chi connectivity index (χ0) is 10.3. The second-order valence-electron chi connectivity index (χ2n) is 3.20. The number of carboxylic acids is 1. The Labute approximate surface area is 80.6 Å². The maximum absolute atomic E-state index is 10.9. The minimum Gasteiger partial charge on any atom is -0.478 e. The van der Waals surface area contributed by atoms with Gasteiger partial charge in [0.05, 0.1) is 16.8 Å². The number of rotatable bonds is 1. The molecule has 0 spiro atoms. The Kier molecular flexibility index (Phi) is 1.70. The van der Waals surface area contributed by atoms with Crippen molar-refractivity contribution in [2.45, 2.75) is 0 Å². The molecule has 0 atom stereocenters. The van der Waals surface area contributed by atoms with Crippen LogP contribution in [-0.2, 0) is 7.05 Å². The van der Waals surface area contributed by atoms with E-state index in [9.17, 15) is 4.79 Å². The SMILES string of the molecule is Cn1cc(C(=O)O)c2cccc(N)c21. The van der Waals surface area contributed by atoms with Gasteiger partial charge in [0.2, 0.25) is 0 Å².